The van der Waals surface area contributed by atoms with Crippen LogP contribution in [0.4, 0.5) is 15.8 Å². The maximum atomic E-state index is 13.9. The zero-order valence-electron chi connectivity index (χ0n) is 15.1. The van der Waals surface area contributed by atoms with Gasteiger partial charge >= 0.3 is 0 Å². The van der Waals surface area contributed by atoms with Crippen LogP contribution in [-0.4, -0.2) is 33.7 Å². The quantitative estimate of drug-likeness (QED) is 0.684. The van der Waals surface area contributed by atoms with E-state index in [1.54, 1.807) is 37.3 Å². The van der Waals surface area contributed by atoms with Crippen LogP contribution in [-0.2, 0) is 14.8 Å². The van der Waals surface area contributed by atoms with Gasteiger partial charge in [-0.25, -0.2) is 12.8 Å². The summed E-state index contributed by atoms with van der Waals surface area (Å²) in [6.45, 7) is 1.77. The molecule has 9 heteroatoms. The summed E-state index contributed by atoms with van der Waals surface area (Å²) in [7, 11) is -1.92. The van der Waals surface area contributed by atoms with Crippen LogP contribution < -0.4 is 14.4 Å². The molecule has 27 heavy (non-hydrogen) atoms. The minimum atomic E-state index is -3.36. The molecule has 0 unspecified atom stereocenters. The molecule has 2 aromatic carbocycles. The molecule has 0 aliphatic heterocycles. The number of hydrogen-bond acceptors (Lipinski definition) is 4. The van der Waals surface area contributed by atoms with Gasteiger partial charge in [-0.3, -0.25) is 9.10 Å². The van der Waals surface area contributed by atoms with Gasteiger partial charge in [0.15, 0.2) is 6.10 Å². The fourth-order valence-corrected chi connectivity index (χ4v) is 3.05. The number of ether oxygens (including phenoxy) is 1. The molecular weight excluding hydrogens is 439 g/mol. The van der Waals surface area contributed by atoms with Crippen LogP contribution in [0.2, 0.25) is 0 Å². The standard InChI is InChI=1S/C18H20BrFN2O4S/c1-4-17(18(23)21-16-10-5-12(19)11-15(16)20)26-14-8-6-13(7-9-14)22(2)27(3,24)25/h5-11,17H,4H2,1-3H3,(H,21,23)/t17-/m0/s1. The highest BCUT2D eigenvalue weighted by atomic mass is 79.9. The number of halogens is 2. The van der Waals surface area contributed by atoms with Crippen molar-refractivity contribution in [3.8, 4) is 5.75 Å². The van der Waals surface area contributed by atoms with E-state index in [1.165, 1.54) is 19.2 Å². The predicted molar refractivity (Wildman–Crippen MR) is 107 cm³/mol. The smallest absolute Gasteiger partial charge is 0.265 e. The van der Waals surface area contributed by atoms with Crippen molar-refractivity contribution < 1.29 is 22.3 Å². The molecule has 0 aromatic heterocycles. The van der Waals surface area contributed by atoms with Crippen LogP contribution in [0.15, 0.2) is 46.9 Å². The molecule has 0 aliphatic carbocycles. The number of amides is 1. The summed E-state index contributed by atoms with van der Waals surface area (Å²) in [5.74, 6) is -0.629. The first-order chi connectivity index (χ1) is 12.6. The van der Waals surface area contributed by atoms with E-state index in [1.807, 2.05) is 0 Å². The van der Waals surface area contributed by atoms with Crippen molar-refractivity contribution in [1.82, 2.24) is 0 Å². The van der Waals surface area contributed by atoms with Crippen molar-refractivity contribution in [2.75, 3.05) is 22.9 Å². The van der Waals surface area contributed by atoms with Gasteiger partial charge in [-0.15, -0.1) is 0 Å². The maximum Gasteiger partial charge on any atom is 0.265 e. The number of nitrogens with one attached hydrogen (secondary N) is 1. The number of rotatable bonds is 7. The number of carbonyl (C=O) groups is 1. The molecule has 0 bridgehead atoms. The first-order valence-electron chi connectivity index (χ1n) is 8.08. The van der Waals surface area contributed by atoms with E-state index in [4.69, 9.17) is 4.74 Å². The van der Waals surface area contributed by atoms with Crippen molar-refractivity contribution in [2.45, 2.75) is 19.4 Å². The van der Waals surface area contributed by atoms with E-state index in [2.05, 4.69) is 21.2 Å². The molecule has 146 valence electrons. The van der Waals surface area contributed by atoms with Crippen LogP contribution in [0.1, 0.15) is 13.3 Å². The molecule has 0 heterocycles. The third-order valence-corrected chi connectivity index (χ3v) is 5.53. The van der Waals surface area contributed by atoms with E-state index in [0.29, 0.717) is 22.3 Å². The fourth-order valence-electron chi connectivity index (χ4n) is 2.22. The van der Waals surface area contributed by atoms with E-state index in [-0.39, 0.29) is 5.69 Å². The summed E-state index contributed by atoms with van der Waals surface area (Å²) in [5, 5.41) is 2.51. The monoisotopic (exact) mass is 458 g/mol. The lowest BCUT2D eigenvalue weighted by atomic mass is 10.2. The highest BCUT2D eigenvalue weighted by molar-refractivity contribution is 9.10. The molecule has 0 saturated heterocycles. The normalized spacial score (nSPS) is 12.3. The third-order valence-electron chi connectivity index (χ3n) is 3.83. The Morgan fingerprint density at radius 2 is 1.89 bits per heavy atom. The Morgan fingerprint density at radius 3 is 2.41 bits per heavy atom. The molecule has 1 N–H and O–H groups in total. The average Bonchev–Trinajstić information content (AvgIpc) is 2.61. The van der Waals surface area contributed by atoms with E-state index in [9.17, 15) is 17.6 Å². The molecule has 6 nitrogen and oxygen atoms in total. The van der Waals surface area contributed by atoms with Crippen LogP contribution in [0.5, 0.6) is 5.75 Å². The summed E-state index contributed by atoms with van der Waals surface area (Å²) >= 11 is 3.16. The first-order valence-corrected chi connectivity index (χ1v) is 10.7. The lowest BCUT2D eigenvalue weighted by Gasteiger charge is -2.19. The van der Waals surface area contributed by atoms with Gasteiger partial charge in [0.1, 0.15) is 11.6 Å². The predicted octanol–water partition coefficient (Wildman–Crippen LogP) is 3.78. The Balaban J connectivity index is 2.08. The Hall–Kier alpha value is -2.13. The van der Waals surface area contributed by atoms with Crippen LogP contribution in [0.3, 0.4) is 0 Å². The zero-order valence-corrected chi connectivity index (χ0v) is 17.5. The minimum Gasteiger partial charge on any atom is -0.481 e. The van der Waals surface area contributed by atoms with Gasteiger partial charge in [-0.05, 0) is 48.9 Å². The van der Waals surface area contributed by atoms with Gasteiger partial charge in [0, 0.05) is 11.5 Å². The fraction of sp³-hybridized carbons (Fsp3) is 0.278. The summed E-state index contributed by atoms with van der Waals surface area (Å²) in [4.78, 5) is 12.4. The van der Waals surface area contributed by atoms with Gasteiger partial charge < -0.3 is 10.1 Å². The third kappa shape index (κ3) is 5.67. The second-order valence-electron chi connectivity index (χ2n) is 5.85. The molecular formula is C18H20BrFN2O4S. The topological polar surface area (TPSA) is 75.7 Å². The Labute approximate surface area is 166 Å². The molecule has 0 aliphatic rings. The Morgan fingerprint density at radius 1 is 1.26 bits per heavy atom. The van der Waals surface area contributed by atoms with Crippen LogP contribution in [0.25, 0.3) is 0 Å². The molecule has 0 radical (unpaired) electrons. The number of benzene rings is 2. The lowest BCUT2D eigenvalue weighted by molar-refractivity contribution is -0.122. The van der Waals surface area contributed by atoms with Gasteiger partial charge in [-0.1, -0.05) is 22.9 Å². The molecule has 2 aromatic rings. The van der Waals surface area contributed by atoms with E-state index >= 15 is 0 Å². The zero-order chi connectivity index (χ0) is 20.2. The van der Waals surface area contributed by atoms with Crippen molar-refractivity contribution in [3.05, 3.63) is 52.8 Å². The summed E-state index contributed by atoms with van der Waals surface area (Å²) in [6.07, 6.45) is 0.650. The first kappa shape index (κ1) is 21.2. The number of anilines is 2. The van der Waals surface area contributed by atoms with Gasteiger partial charge in [0.25, 0.3) is 5.91 Å². The SMILES string of the molecule is CC[C@H](Oc1ccc(N(C)S(C)(=O)=O)cc1)C(=O)Nc1ccc(Br)cc1F. The van der Waals surface area contributed by atoms with Crippen molar-refractivity contribution >= 4 is 43.2 Å². The van der Waals surface area contributed by atoms with E-state index in [0.717, 1.165) is 10.6 Å². The second kappa shape index (κ2) is 8.71. The van der Waals surface area contributed by atoms with Crippen molar-refractivity contribution in [1.29, 1.82) is 0 Å². The highest BCUT2D eigenvalue weighted by Crippen LogP contribution is 2.23. The molecule has 1 amide bonds. The number of hydrogen-bond donors (Lipinski definition) is 1. The van der Waals surface area contributed by atoms with Gasteiger partial charge in [0.05, 0.1) is 17.6 Å². The highest BCUT2D eigenvalue weighted by Gasteiger charge is 2.20. The Bertz CT molecular complexity index is 919. The van der Waals surface area contributed by atoms with Crippen molar-refractivity contribution in [2.24, 2.45) is 0 Å². The number of nitrogens with zero attached hydrogens (tertiary/aromatic N) is 1. The number of sulfonamides is 1. The maximum absolute atomic E-state index is 13.9. The largest absolute Gasteiger partial charge is 0.481 e. The summed E-state index contributed by atoms with van der Waals surface area (Å²) in [5.41, 5.74) is 0.537. The van der Waals surface area contributed by atoms with Gasteiger partial charge in [0.2, 0.25) is 10.0 Å². The molecule has 0 saturated carbocycles. The average molecular weight is 459 g/mol. The second-order valence-corrected chi connectivity index (χ2v) is 8.78. The van der Waals surface area contributed by atoms with E-state index < -0.39 is 27.9 Å². The summed E-state index contributed by atoms with van der Waals surface area (Å²) < 4.78 is 44.4. The summed E-state index contributed by atoms with van der Waals surface area (Å²) in [6, 6.07) is 10.6. The molecule has 2 rings (SSSR count). The van der Waals surface area contributed by atoms with Crippen LogP contribution >= 0.6 is 15.9 Å². The molecule has 1 atom stereocenters. The van der Waals surface area contributed by atoms with Crippen molar-refractivity contribution in [3.63, 3.8) is 0 Å². The molecule has 0 spiro atoms. The van der Waals surface area contributed by atoms with Gasteiger partial charge in [-0.2, -0.15) is 0 Å². The lowest BCUT2D eigenvalue weighted by Crippen LogP contribution is -2.32. The minimum absolute atomic E-state index is 0.0652. The Kier molecular flexibility index (Phi) is 6.83. The molecule has 0 fully saturated rings. The van der Waals surface area contributed by atoms with Crippen LogP contribution in [0, 0.1) is 5.82 Å². The number of carbonyl (C=O) groups excluding carboxylic acids is 1.